The van der Waals surface area contributed by atoms with E-state index < -0.39 is 30.3 Å². The molecule has 0 saturated carbocycles. The van der Waals surface area contributed by atoms with Crippen LogP contribution in [-0.2, 0) is 19.0 Å². The first kappa shape index (κ1) is 42.5. The van der Waals surface area contributed by atoms with Crippen molar-refractivity contribution in [2.45, 2.75) is 78.0 Å². The second-order valence-electron chi connectivity index (χ2n) is 11.6. The van der Waals surface area contributed by atoms with Gasteiger partial charge < -0.3 is 58.4 Å². The molecule has 280 valence electrons. The first-order valence-corrected chi connectivity index (χ1v) is 16.9. The number of benzene rings is 2. The molecule has 4 N–H and O–H groups in total. The van der Waals surface area contributed by atoms with E-state index in [2.05, 4.69) is 0 Å². The Labute approximate surface area is 296 Å². The summed E-state index contributed by atoms with van der Waals surface area (Å²) in [5.74, 6) is 0.279. The normalized spacial score (nSPS) is 25.1. The van der Waals surface area contributed by atoms with Gasteiger partial charge in [-0.05, 0) is 66.3 Å². The minimum Gasteiger partial charge on any atom is -0.502 e. The fourth-order valence-corrected chi connectivity index (χ4v) is 6.35. The van der Waals surface area contributed by atoms with Crippen LogP contribution in [0.2, 0.25) is 0 Å². The molecule has 5 rings (SSSR count). The highest BCUT2D eigenvalue weighted by atomic mass is 16.7. The van der Waals surface area contributed by atoms with E-state index in [0.717, 1.165) is 42.8 Å². The van der Waals surface area contributed by atoms with Crippen molar-refractivity contribution in [1.29, 1.82) is 0 Å². The number of aromatic hydroxyl groups is 1. The highest BCUT2D eigenvalue weighted by molar-refractivity contribution is 5.65. The predicted octanol–water partition coefficient (Wildman–Crippen LogP) is 5.44. The quantitative estimate of drug-likeness (QED) is 0.173. The monoisotopic (exact) mass is 704 g/mol. The van der Waals surface area contributed by atoms with Crippen LogP contribution in [0.5, 0.6) is 28.7 Å². The average molecular weight is 705 g/mol. The van der Waals surface area contributed by atoms with Gasteiger partial charge in [0.1, 0.15) is 6.29 Å². The van der Waals surface area contributed by atoms with E-state index in [4.69, 9.17) is 43.4 Å². The summed E-state index contributed by atoms with van der Waals surface area (Å²) in [4.78, 5) is 12.8. The average Bonchev–Trinajstić information content (AvgIpc) is 3.61. The van der Waals surface area contributed by atoms with E-state index in [9.17, 15) is 15.0 Å². The fourth-order valence-electron chi connectivity index (χ4n) is 6.35. The van der Waals surface area contributed by atoms with E-state index >= 15 is 0 Å². The summed E-state index contributed by atoms with van der Waals surface area (Å²) in [6, 6.07) is 7.25. The number of phenolic OH excluding ortho intramolecular Hbond substituents is 1. The lowest BCUT2D eigenvalue weighted by molar-refractivity contribution is -0.251. The molecule has 2 aromatic rings. The molecule has 1 fully saturated rings. The topological polar surface area (TPSA) is 163 Å². The molecule has 1 aliphatic carbocycles. The maximum atomic E-state index is 12.8. The van der Waals surface area contributed by atoms with E-state index in [1.165, 1.54) is 14.2 Å². The van der Waals surface area contributed by atoms with Crippen molar-refractivity contribution < 1.29 is 58.4 Å². The summed E-state index contributed by atoms with van der Waals surface area (Å²) in [5, 5.41) is 35.3. The second-order valence-corrected chi connectivity index (χ2v) is 11.6. The van der Waals surface area contributed by atoms with Crippen LogP contribution in [0.1, 0.15) is 76.2 Å². The number of hydrogen-bond donors (Lipinski definition) is 4. The highest BCUT2D eigenvalue weighted by Gasteiger charge is 2.45. The summed E-state index contributed by atoms with van der Waals surface area (Å²) in [7, 11) is 4.93. The Hall–Kier alpha value is -3.65. The van der Waals surface area contributed by atoms with Crippen LogP contribution in [-0.4, -0.2) is 93.7 Å². The van der Waals surface area contributed by atoms with Crippen molar-refractivity contribution in [1.82, 2.24) is 0 Å². The van der Waals surface area contributed by atoms with Crippen molar-refractivity contribution in [3.8, 4) is 28.7 Å². The van der Waals surface area contributed by atoms with Gasteiger partial charge in [-0.3, -0.25) is 0 Å². The summed E-state index contributed by atoms with van der Waals surface area (Å²) in [6.07, 6.45) is 5.37. The fraction of sp³-hybridized carbons (Fsp3) is 0.553. The van der Waals surface area contributed by atoms with Crippen LogP contribution in [0.3, 0.4) is 0 Å². The lowest BCUT2D eigenvalue weighted by Gasteiger charge is -2.43. The van der Waals surface area contributed by atoms with Crippen molar-refractivity contribution in [2.75, 3.05) is 48.4 Å². The Morgan fingerprint density at radius 3 is 2.12 bits per heavy atom. The SMILES string of the molecule is C/C=C\C=C(/C)COCC1CC(O)CC(O[C@@H]2c3cc4c(cc3C(c3cc(OC)c(O)c(OC)c3)C(C=O)[C@@H]2C)OCO4)O1.CC.CO.CO. The van der Waals surface area contributed by atoms with Crippen LogP contribution >= 0.6 is 0 Å². The molecule has 50 heavy (non-hydrogen) atoms. The van der Waals surface area contributed by atoms with E-state index in [-0.39, 0.29) is 36.1 Å². The number of carbonyl (C=O) groups excluding carboxylic acids is 1. The number of carbonyl (C=O) groups is 1. The van der Waals surface area contributed by atoms with Crippen molar-refractivity contribution in [2.24, 2.45) is 11.8 Å². The summed E-state index contributed by atoms with van der Waals surface area (Å²) >= 11 is 0. The Kier molecular flexibility index (Phi) is 18.3. The molecule has 7 atom stereocenters. The molecular weight excluding hydrogens is 648 g/mol. The number of methoxy groups -OCH3 is 2. The Morgan fingerprint density at radius 2 is 1.56 bits per heavy atom. The predicted molar refractivity (Wildman–Crippen MR) is 189 cm³/mol. The number of aliphatic hydroxyl groups excluding tert-OH is 3. The van der Waals surface area contributed by atoms with Crippen LogP contribution in [0.4, 0.5) is 0 Å². The van der Waals surface area contributed by atoms with Gasteiger partial charge in [-0.2, -0.15) is 0 Å². The maximum absolute atomic E-state index is 12.8. The van der Waals surface area contributed by atoms with Gasteiger partial charge in [0.25, 0.3) is 0 Å². The Morgan fingerprint density at radius 1 is 0.960 bits per heavy atom. The summed E-state index contributed by atoms with van der Waals surface area (Å²) in [5.41, 5.74) is 3.47. The molecule has 2 aromatic carbocycles. The van der Waals surface area contributed by atoms with E-state index in [0.29, 0.717) is 37.6 Å². The molecule has 0 aromatic heterocycles. The zero-order chi connectivity index (χ0) is 37.4. The third-order valence-electron chi connectivity index (χ3n) is 8.56. The lowest BCUT2D eigenvalue weighted by atomic mass is 9.66. The number of aliphatic hydroxyl groups is 3. The number of phenols is 1. The van der Waals surface area contributed by atoms with Gasteiger partial charge in [-0.15, -0.1) is 0 Å². The molecular formula is C38H56O12. The van der Waals surface area contributed by atoms with Crippen LogP contribution in [0.15, 0.2) is 48.1 Å². The number of aldehydes is 1. The molecule has 5 unspecified atom stereocenters. The minimum absolute atomic E-state index is 0.0882. The third kappa shape index (κ3) is 10.2. The standard InChI is InChI=1S/C34H42O10.C2H6.2CH4O/c1-6-7-8-19(2)16-40-17-23-11-22(36)12-31(43-23)44-34-20(3)26(15-35)32(21-9-29(38-4)33(37)30(10-21)39-5)24-13-27-28(14-25(24)34)42-18-41-27;3*1-2/h6-10,13-15,20,22-23,26,31-32,34,36-37H,11-12,16-18H2,1-5H3;1-2H3;2*2H,1H3/b7-6-,19-8+;;;/t20-,22?,23?,26?,31?,32?,34-;;;/m0.../s1. The molecule has 12 nitrogen and oxygen atoms in total. The first-order chi connectivity index (χ1) is 24.3. The number of fused-ring (bicyclic) bond motifs is 2. The van der Waals surface area contributed by atoms with Crippen LogP contribution in [0, 0.1) is 11.8 Å². The van der Waals surface area contributed by atoms with Gasteiger partial charge in [-0.25, -0.2) is 0 Å². The molecule has 0 spiro atoms. The van der Waals surface area contributed by atoms with Crippen LogP contribution < -0.4 is 18.9 Å². The van der Waals surface area contributed by atoms with Crippen molar-refractivity contribution in [3.63, 3.8) is 0 Å². The summed E-state index contributed by atoms with van der Waals surface area (Å²) < 4.78 is 41.1. The smallest absolute Gasteiger partial charge is 0.231 e. The molecule has 12 heteroatoms. The van der Waals surface area contributed by atoms with Gasteiger partial charge in [0.15, 0.2) is 29.3 Å². The third-order valence-corrected chi connectivity index (χ3v) is 8.56. The summed E-state index contributed by atoms with van der Waals surface area (Å²) in [6.45, 7) is 10.8. The minimum atomic E-state index is -0.713. The van der Waals surface area contributed by atoms with E-state index in [1.54, 1.807) is 12.1 Å². The Bertz CT molecular complexity index is 1370. The van der Waals surface area contributed by atoms with Gasteiger partial charge in [0.2, 0.25) is 12.5 Å². The largest absolute Gasteiger partial charge is 0.502 e. The van der Waals surface area contributed by atoms with Crippen molar-refractivity contribution >= 4 is 6.29 Å². The molecule has 2 heterocycles. The van der Waals surface area contributed by atoms with E-state index in [1.807, 2.05) is 65.0 Å². The van der Waals surface area contributed by atoms with Gasteiger partial charge in [0, 0.05) is 38.9 Å². The van der Waals surface area contributed by atoms with Gasteiger partial charge >= 0.3 is 0 Å². The van der Waals surface area contributed by atoms with Gasteiger partial charge in [-0.1, -0.05) is 39.0 Å². The van der Waals surface area contributed by atoms with Crippen molar-refractivity contribution in [3.05, 3.63) is 64.8 Å². The second kappa shape index (κ2) is 21.5. The van der Waals surface area contributed by atoms with Gasteiger partial charge in [0.05, 0.1) is 45.7 Å². The number of hydrogen-bond acceptors (Lipinski definition) is 12. The number of allylic oxidation sites excluding steroid dienone is 3. The zero-order valence-electron chi connectivity index (χ0n) is 30.8. The molecule has 0 radical (unpaired) electrons. The molecule has 2 aliphatic heterocycles. The molecule has 0 bridgehead atoms. The van der Waals surface area contributed by atoms with Crippen LogP contribution in [0.25, 0.3) is 0 Å². The molecule has 3 aliphatic rings. The maximum Gasteiger partial charge on any atom is 0.231 e. The number of ether oxygens (including phenoxy) is 7. The highest BCUT2D eigenvalue weighted by Crippen LogP contribution is 2.54. The zero-order valence-corrected chi connectivity index (χ0v) is 30.8. The molecule has 0 amide bonds. The first-order valence-electron chi connectivity index (χ1n) is 16.9. The lowest BCUT2D eigenvalue weighted by Crippen LogP contribution is -2.42. The number of rotatable bonds is 11. The Balaban J connectivity index is 0.00000137. The molecule has 1 saturated heterocycles.